The molecule has 0 aromatic heterocycles. The van der Waals surface area contributed by atoms with Crippen molar-refractivity contribution in [1.82, 2.24) is 0 Å². The van der Waals surface area contributed by atoms with Crippen LogP contribution in [0.5, 0.6) is 0 Å². The quantitative estimate of drug-likeness (QED) is 0.644. The minimum atomic E-state index is 0.641. The summed E-state index contributed by atoms with van der Waals surface area (Å²) in [6.45, 7) is 6.57. The maximum atomic E-state index is 5.86. The minimum absolute atomic E-state index is 0.641. The zero-order chi connectivity index (χ0) is 9.14. The highest BCUT2D eigenvalue weighted by molar-refractivity contribution is 6.30. The first-order valence-electron chi connectivity index (χ1n) is 4.41. The van der Waals surface area contributed by atoms with E-state index in [9.17, 15) is 0 Å². The lowest BCUT2D eigenvalue weighted by Crippen LogP contribution is -1.94. The van der Waals surface area contributed by atoms with Crippen molar-refractivity contribution >= 4 is 11.6 Å². The summed E-state index contributed by atoms with van der Waals surface area (Å²) in [6.07, 6.45) is 1.18. The van der Waals surface area contributed by atoms with Crippen molar-refractivity contribution in [2.75, 3.05) is 0 Å². The van der Waals surface area contributed by atoms with E-state index in [0.717, 1.165) is 5.02 Å². The molecule has 0 spiro atoms. The van der Waals surface area contributed by atoms with Gasteiger partial charge in [0.1, 0.15) is 0 Å². The van der Waals surface area contributed by atoms with Gasteiger partial charge in [0, 0.05) is 5.02 Å². The SMILES string of the molecule is CCC(C)c1ccc(Cl)cc1C. The predicted molar refractivity (Wildman–Crippen MR) is 54.9 cm³/mol. The Balaban J connectivity index is 3.01. The Morgan fingerprint density at radius 3 is 2.58 bits per heavy atom. The number of halogens is 1. The molecule has 0 aliphatic carbocycles. The zero-order valence-electron chi connectivity index (χ0n) is 7.89. The smallest absolute Gasteiger partial charge is 0.0408 e. The molecule has 0 radical (unpaired) electrons. The number of benzene rings is 1. The van der Waals surface area contributed by atoms with Crippen molar-refractivity contribution < 1.29 is 0 Å². The third-order valence-corrected chi connectivity index (χ3v) is 2.61. The van der Waals surface area contributed by atoms with Gasteiger partial charge in [-0.2, -0.15) is 0 Å². The second kappa shape index (κ2) is 3.95. The first-order chi connectivity index (χ1) is 5.65. The Kier molecular flexibility index (Phi) is 3.16. The summed E-state index contributed by atoms with van der Waals surface area (Å²) in [5.74, 6) is 0.641. The number of hydrogen-bond acceptors (Lipinski definition) is 0. The number of rotatable bonds is 2. The fourth-order valence-corrected chi connectivity index (χ4v) is 1.64. The molecule has 0 saturated heterocycles. The molecular weight excluding hydrogens is 168 g/mol. The van der Waals surface area contributed by atoms with Crippen molar-refractivity contribution in [2.45, 2.75) is 33.1 Å². The summed E-state index contributed by atoms with van der Waals surface area (Å²) in [7, 11) is 0. The van der Waals surface area contributed by atoms with Gasteiger partial charge in [-0.25, -0.2) is 0 Å². The van der Waals surface area contributed by atoms with Crippen LogP contribution >= 0.6 is 11.6 Å². The van der Waals surface area contributed by atoms with Gasteiger partial charge in [0.2, 0.25) is 0 Å². The van der Waals surface area contributed by atoms with Crippen LogP contribution in [0.4, 0.5) is 0 Å². The molecule has 1 heteroatoms. The molecule has 0 N–H and O–H groups in total. The average Bonchev–Trinajstić information content (AvgIpc) is 2.03. The molecule has 0 aliphatic rings. The van der Waals surface area contributed by atoms with Crippen LogP contribution in [0.3, 0.4) is 0 Å². The molecule has 1 unspecified atom stereocenters. The fourth-order valence-electron chi connectivity index (χ4n) is 1.41. The van der Waals surface area contributed by atoms with E-state index in [0.29, 0.717) is 5.92 Å². The lowest BCUT2D eigenvalue weighted by molar-refractivity contribution is 0.728. The largest absolute Gasteiger partial charge is 0.0843 e. The lowest BCUT2D eigenvalue weighted by Gasteiger charge is -2.12. The lowest BCUT2D eigenvalue weighted by atomic mass is 9.95. The summed E-state index contributed by atoms with van der Waals surface area (Å²) >= 11 is 5.86. The molecule has 0 fully saturated rings. The van der Waals surface area contributed by atoms with Gasteiger partial charge in [-0.05, 0) is 42.5 Å². The van der Waals surface area contributed by atoms with Crippen molar-refractivity contribution in [3.8, 4) is 0 Å². The monoisotopic (exact) mass is 182 g/mol. The maximum Gasteiger partial charge on any atom is 0.0408 e. The van der Waals surface area contributed by atoms with Crippen LogP contribution in [0.25, 0.3) is 0 Å². The van der Waals surface area contributed by atoms with E-state index in [1.165, 1.54) is 17.5 Å². The molecule has 1 atom stereocenters. The molecular formula is C11H15Cl. The Morgan fingerprint density at radius 2 is 2.08 bits per heavy atom. The Bertz CT molecular complexity index is 266. The minimum Gasteiger partial charge on any atom is -0.0843 e. The second-order valence-electron chi connectivity index (χ2n) is 3.31. The molecule has 0 saturated carbocycles. The highest BCUT2D eigenvalue weighted by Crippen LogP contribution is 2.24. The van der Waals surface area contributed by atoms with Gasteiger partial charge in [0.25, 0.3) is 0 Å². The first kappa shape index (κ1) is 9.60. The van der Waals surface area contributed by atoms with Crippen LogP contribution in [0.15, 0.2) is 18.2 Å². The Morgan fingerprint density at radius 1 is 1.42 bits per heavy atom. The zero-order valence-corrected chi connectivity index (χ0v) is 8.65. The standard InChI is InChI=1S/C11H15Cl/c1-4-8(2)11-6-5-10(12)7-9(11)3/h5-8H,4H2,1-3H3. The predicted octanol–water partition coefficient (Wildman–Crippen LogP) is 4.16. The van der Waals surface area contributed by atoms with E-state index in [2.05, 4.69) is 26.8 Å². The molecule has 0 amide bonds. The molecule has 1 rings (SSSR count). The maximum absolute atomic E-state index is 5.86. The van der Waals surface area contributed by atoms with E-state index in [1.807, 2.05) is 12.1 Å². The summed E-state index contributed by atoms with van der Waals surface area (Å²) in [6, 6.07) is 6.13. The van der Waals surface area contributed by atoms with Gasteiger partial charge in [-0.1, -0.05) is 31.5 Å². The molecule has 1 aromatic carbocycles. The van der Waals surface area contributed by atoms with Gasteiger partial charge in [0.05, 0.1) is 0 Å². The van der Waals surface area contributed by atoms with E-state index >= 15 is 0 Å². The average molecular weight is 183 g/mol. The van der Waals surface area contributed by atoms with Gasteiger partial charge in [-0.15, -0.1) is 0 Å². The highest BCUT2D eigenvalue weighted by Gasteiger charge is 2.05. The van der Waals surface area contributed by atoms with Gasteiger partial charge >= 0.3 is 0 Å². The van der Waals surface area contributed by atoms with Crippen LogP contribution in [-0.4, -0.2) is 0 Å². The summed E-state index contributed by atoms with van der Waals surface area (Å²) < 4.78 is 0. The molecule has 12 heavy (non-hydrogen) atoms. The molecule has 0 aliphatic heterocycles. The highest BCUT2D eigenvalue weighted by atomic mass is 35.5. The molecule has 0 heterocycles. The molecule has 66 valence electrons. The molecule has 0 bridgehead atoms. The number of hydrogen-bond donors (Lipinski definition) is 0. The third kappa shape index (κ3) is 2.01. The van der Waals surface area contributed by atoms with Crippen molar-refractivity contribution in [3.05, 3.63) is 34.3 Å². The van der Waals surface area contributed by atoms with E-state index < -0.39 is 0 Å². The van der Waals surface area contributed by atoms with Crippen LogP contribution in [-0.2, 0) is 0 Å². The topological polar surface area (TPSA) is 0 Å². The van der Waals surface area contributed by atoms with Crippen molar-refractivity contribution in [3.63, 3.8) is 0 Å². The summed E-state index contributed by atoms with van der Waals surface area (Å²) in [4.78, 5) is 0. The van der Waals surface area contributed by atoms with Crippen LogP contribution in [0, 0.1) is 6.92 Å². The van der Waals surface area contributed by atoms with Gasteiger partial charge in [-0.3, -0.25) is 0 Å². The van der Waals surface area contributed by atoms with E-state index in [1.54, 1.807) is 0 Å². The van der Waals surface area contributed by atoms with Crippen LogP contribution in [0.2, 0.25) is 5.02 Å². The van der Waals surface area contributed by atoms with E-state index in [4.69, 9.17) is 11.6 Å². The summed E-state index contributed by atoms with van der Waals surface area (Å²) in [5.41, 5.74) is 2.72. The number of aryl methyl sites for hydroxylation is 1. The van der Waals surface area contributed by atoms with Crippen LogP contribution in [0.1, 0.15) is 37.3 Å². The van der Waals surface area contributed by atoms with Gasteiger partial charge in [0.15, 0.2) is 0 Å². The first-order valence-corrected chi connectivity index (χ1v) is 4.79. The fraction of sp³-hybridized carbons (Fsp3) is 0.455. The van der Waals surface area contributed by atoms with Crippen molar-refractivity contribution in [2.24, 2.45) is 0 Å². The molecule has 0 nitrogen and oxygen atoms in total. The second-order valence-corrected chi connectivity index (χ2v) is 3.75. The van der Waals surface area contributed by atoms with Gasteiger partial charge < -0.3 is 0 Å². The molecule has 1 aromatic rings. The van der Waals surface area contributed by atoms with Crippen molar-refractivity contribution in [1.29, 1.82) is 0 Å². The Hall–Kier alpha value is -0.490. The van der Waals surface area contributed by atoms with Crippen LogP contribution < -0.4 is 0 Å². The normalized spacial score (nSPS) is 13.0. The van der Waals surface area contributed by atoms with E-state index in [-0.39, 0.29) is 0 Å². The Labute approximate surface area is 79.6 Å². The third-order valence-electron chi connectivity index (χ3n) is 2.38. The summed E-state index contributed by atoms with van der Waals surface area (Å²) in [5, 5.41) is 0.833.